The molecule has 0 aliphatic carbocycles. The Morgan fingerprint density at radius 2 is 2.18 bits per heavy atom. The standard InChI is InChI=1S/C12H15N3OS/c1-9(13)5-10-6-14-12(15-7-10)17-8-11-3-2-4-16-11/h2-4,6-7,9H,5,8,13H2,1H3. The molecular formula is C12H15N3OS. The van der Waals surface area contributed by atoms with Crippen molar-refractivity contribution in [3.8, 4) is 0 Å². The third-order valence-electron chi connectivity index (χ3n) is 2.16. The lowest BCUT2D eigenvalue weighted by molar-refractivity contribution is 0.530. The van der Waals surface area contributed by atoms with Crippen LogP contribution in [0, 0.1) is 0 Å². The fourth-order valence-corrected chi connectivity index (χ4v) is 2.12. The van der Waals surface area contributed by atoms with Gasteiger partial charge in [0.25, 0.3) is 0 Å². The molecule has 0 saturated heterocycles. The lowest BCUT2D eigenvalue weighted by Gasteiger charge is -2.04. The Balaban J connectivity index is 1.89. The number of thioether (sulfide) groups is 1. The average Bonchev–Trinajstić information content (AvgIpc) is 2.80. The maximum absolute atomic E-state index is 5.71. The minimum absolute atomic E-state index is 0.139. The van der Waals surface area contributed by atoms with Crippen LogP contribution in [0.1, 0.15) is 18.2 Å². The third kappa shape index (κ3) is 3.87. The maximum atomic E-state index is 5.71. The normalized spacial score (nSPS) is 12.6. The molecule has 17 heavy (non-hydrogen) atoms. The van der Waals surface area contributed by atoms with E-state index in [9.17, 15) is 0 Å². The number of nitrogens with zero attached hydrogens (tertiary/aromatic N) is 2. The molecule has 2 aromatic heterocycles. The van der Waals surface area contributed by atoms with E-state index < -0.39 is 0 Å². The Bertz CT molecular complexity index is 439. The quantitative estimate of drug-likeness (QED) is 0.650. The van der Waals surface area contributed by atoms with E-state index >= 15 is 0 Å². The molecule has 0 bridgehead atoms. The maximum Gasteiger partial charge on any atom is 0.187 e. The van der Waals surface area contributed by atoms with Gasteiger partial charge in [0.05, 0.1) is 12.0 Å². The molecule has 1 atom stereocenters. The van der Waals surface area contributed by atoms with E-state index in [0.717, 1.165) is 28.7 Å². The molecule has 0 fully saturated rings. The zero-order valence-corrected chi connectivity index (χ0v) is 10.5. The second-order valence-electron chi connectivity index (χ2n) is 3.92. The van der Waals surface area contributed by atoms with Crippen molar-refractivity contribution in [2.24, 2.45) is 5.73 Å². The van der Waals surface area contributed by atoms with Gasteiger partial charge in [-0.25, -0.2) is 9.97 Å². The molecular weight excluding hydrogens is 234 g/mol. The fourth-order valence-electron chi connectivity index (χ4n) is 1.43. The fraction of sp³-hybridized carbons (Fsp3) is 0.333. The molecule has 0 aliphatic heterocycles. The molecule has 4 nitrogen and oxygen atoms in total. The summed E-state index contributed by atoms with van der Waals surface area (Å²) in [6.07, 6.45) is 6.15. The highest BCUT2D eigenvalue weighted by atomic mass is 32.2. The summed E-state index contributed by atoms with van der Waals surface area (Å²) in [7, 11) is 0. The summed E-state index contributed by atoms with van der Waals surface area (Å²) in [6.45, 7) is 1.97. The Hall–Kier alpha value is -1.33. The number of rotatable bonds is 5. The second kappa shape index (κ2) is 5.84. The lowest BCUT2D eigenvalue weighted by Crippen LogP contribution is -2.17. The summed E-state index contributed by atoms with van der Waals surface area (Å²) in [5.74, 6) is 1.68. The number of aromatic nitrogens is 2. The van der Waals surface area contributed by atoms with E-state index in [4.69, 9.17) is 10.2 Å². The zero-order valence-electron chi connectivity index (χ0n) is 9.67. The van der Waals surface area contributed by atoms with Gasteiger partial charge in [-0.15, -0.1) is 0 Å². The largest absolute Gasteiger partial charge is 0.468 e. The molecule has 0 amide bonds. The monoisotopic (exact) mass is 249 g/mol. The van der Waals surface area contributed by atoms with Crippen LogP contribution in [0.15, 0.2) is 40.4 Å². The molecule has 0 spiro atoms. The van der Waals surface area contributed by atoms with Crippen molar-refractivity contribution in [2.75, 3.05) is 0 Å². The van der Waals surface area contributed by atoms with Crippen LogP contribution in [-0.2, 0) is 12.2 Å². The van der Waals surface area contributed by atoms with Crippen LogP contribution in [0.25, 0.3) is 0 Å². The first-order chi connectivity index (χ1) is 8.24. The van der Waals surface area contributed by atoms with Crippen molar-refractivity contribution in [1.29, 1.82) is 0 Å². The Kier molecular flexibility index (Phi) is 4.17. The Morgan fingerprint density at radius 3 is 2.76 bits per heavy atom. The summed E-state index contributed by atoms with van der Waals surface area (Å²) >= 11 is 1.56. The Morgan fingerprint density at radius 1 is 1.41 bits per heavy atom. The van der Waals surface area contributed by atoms with Crippen LogP contribution in [0.3, 0.4) is 0 Å². The van der Waals surface area contributed by atoms with Gasteiger partial charge in [0.1, 0.15) is 5.76 Å². The molecule has 0 aromatic carbocycles. The molecule has 2 N–H and O–H groups in total. The van der Waals surface area contributed by atoms with Crippen molar-refractivity contribution in [1.82, 2.24) is 9.97 Å². The van der Waals surface area contributed by atoms with E-state index in [1.165, 1.54) is 0 Å². The van der Waals surface area contributed by atoms with E-state index in [0.29, 0.717) is 0 Å². The van der Waals surface area contributed by atoms with Gasteiger partial charge in [-0.3, -0.25) is 0 Å². The van der Waals surface area contributed by atoms with Crippen LogP contribution in [0.4, 0.5) is 0 Å². The minimum Gasteiger partial charge on any atom is -0.468 e. The molecule has 1 unspecified atom stereocenters. The van der Waals surface area contributed by atoms with Gasteiger partial charge in [-0.1, -0.05) is 11.8 Å². The van der Waals surface area contributed by atoms with Gasteiger partial charge in [-0.05, 0) is 31.0 Å². The molecule has 0 saturated carbocycles. The van der Waals surface area contributed by atoms with Crippen LogP contribution in [0.2, 0.25) is 0 Å². The molecule has 2 aromatic rings. The molecule has 2 rings (SSSR count). The third-order valence-corrected chi connectivity index (χ3v) is 3.06. The smallest absolute Gasteiger partial charge is 0.187 e. The molecule has 5 heteroatoms. The van der Waals surface area contributed by atoms with Crippen molar-refractivity contribution in [3.63, 3.8) is 0 Å². The topological polar surface area (TPSA) is 64.9 Å². The summed E-state index contributed by atoms with van der Waals surface area (Å²) in [6, 6.07) is 3.96. The number of nitrogens with two attached hydrogens (primary N) is 1. The van der Waals surface area contributed by atoms with Crippen LogP contribution < -0.4 is 5.73 Å². The summed E-state index contributed by atoms with van der Waals surface area (Å²) < 4.78 is 5.24. The number of hydrogen-bond donors (Lipinski definition) is 1. The van der Waals surface area contributed by atoms with Crippen LogP contribution >= 0.6 is 11.8 Å². The molecule has 90 valence electrons. The van der Waals surface area contributed by atoms with Crippen molar-refractivity contribution in [3.05, 3.63) is 42.1 Å². The van der Waals surface area contributed by atoms with Gasteiger partial charge in [0.15, 0.2) is 5.16 Å². The Labute approximate surface area is 105 Å². The van der Waals surface area contributed by atoms with Crippen molar-refractivity contribution >= 4 is 11.8 Å². The summed E-state index contributed by atoms with van der Waals surface area (Å²) in [4.78, 5) is 8.57. The second-order valence-corrected chi connectivity index (χ2v) is 4.87. The van der Waals surface area contributed by atoms with E-state index in [1.807, 2.05) is 31.5 Å². The van der Waals surface area contributed by atoms with Gasteiger partial charge in [0, 0.05) is 18.4 Å². The highest BCUT2D eigenvalue weighted by molar-refractivity contribution is 7.98. The first kappa shape index (κ1) is 12.1. The van der Waals surface area contributed by atoms with Crippen molar-refractivity contribution < 1.29 is 4.42 Å². The summed E-state index contributed by atoms with van der Waals surface area (Å²) in [5.41, 5.74) is 6.78. The lowest BCUT2D eigenvalue weighted by atomic mass is 10.1. The van der Waals surface area contributed by atoms with Gasteiger partial charge in [0.2, 0.25) is 0 Å². The predicted molar refractivity (Wildman–Crippen MR) is 67.7 cm³/mol. The summed E-state index contributed by atoms with van der Waals surface area (Å²) in [5, 5.41) is 0.759. The number of furan rings is 1. The average molecular weight is 249 g/mol. The van der Waals surface area contributed by atoms with Crippen molar-refractivity contribution in [2.45, 2.75) is 30.3 Å². The highest BCUT2D eigenvalue weighted by Gasteiger charge is 2.03. The van der Waals surface area contributed by atoms with Gasteiger partial charge in [-0.2, -0.15) is 0 Å². The zero-order chi connectivity index (χ0) is 12.1. The van der Waals surface area contributed by atoms with Crippen LogP contribution in [-0.4, -0.2) is 16.0 Å². The molecule has 0 aliphatic rings. The number of hydrogen-bond acceptors (Lipinski definition) is 5. The molecule has 0 radical (unpaired) electrons. The van der Waals surface area contributed by atoms with Gasteiger partial charge < -0.3 is 10.2 Å². The first-order valence-electron chi connectivity index (χ1n) is 5.45. The van der Waals surface area contributed by atoms with E-state index in [-0.39, 0.29) is 6.04 Å². The minimum atomic E-state index is 0.139. The van der Waals surface area contributed by atoms with E-state index in [2.05, 4.69) is 9.97 Å². The first-order valence-corrected chi connectivity index (χ1v) is 6.44. The highest BCUT2D eigenvalue weighted by Crippen LogP contribution is 2.18. The van der Waals surface area contributed by atoms with E-state index in [1.54, 1.807) is 18.0 Å². The SMILES string of the molecule is CC(N)Cc1cnc(SCc2ccco2)nc1. The van der Waals surface area contributed by atoms with Gasteiger partial charge >= 0.3 is 0 Å². The predicted octanol–water partition coefficient (Wildman–Crippen LogP) is 2.25. The van der Waals surface area contributed by atoms with Crippen LogP contribution in [0.5, 0.6) is 0 Å². The molecule has 2 heterocycles.